The van der Waals surface area contributed by atoms with Gasteiger partial charge in [-0.2, -0.15) is 0 Å². The molecular weight excluding hydrogens is 298 g/mol. The lowest BCUT2D eigenvalue weighted by Gasteiger charge is -2.08. The fourth-order valence-corrected chi connectivity index (χ4v) is 2.78. The third kappa shape index (κ3) is 2.70. The molecule has 1 amide bonds. The Morgan fingerprint density at radius 3 is 2.54 bits per heavy atom. The van der Waals surface area contributed by atoms with Gasteiger partial charge in [-0.3, -0.25) is 9.78 Å². The van der Waals surface area contributed by atoms with Gasteiger partial charge in [0, 0.05) is 6.54 Å². The predicted octanol–water partition coefficient (Wildman–Crippen LogP) is 3.71. The third-order valence-electron chi connectivity index (χ3n) is 4.00. The van der Waals surface area contributed by atoms with E-state index in [1.165, 1.54) is 6.20 Å². The third-order valence-corrected chi connectivity index (χ3v) is 4.00. The van der Waals surface area contributed by atoms with E-state index in [1.807, 2.05) is 48.5 Å². The summed E-state index contributed by atoms with van der Waals surface area (Å²) >= 11 is 0. The highest BCUT2D eigenvalue weighted by Crippen LogP contribution is 2.18. The fraction of sp³-hybridized carbons (Fsp3) is 0.0500. The maximum atomic E-state index is 12.4. The van der Waals surface area contributed by atoms with Crippen molar-refractivity contribution < 1.29 is 4.79 Å². The van der Waals surface area contributed by atoms with Gasteiger partial charge in [0.2, 0.25) is 0 Å². The van der Waals surface area contributed by atoms with Gasteiger partial charge < -0.3 is 5.32 Å². The fourth-order valence-electron chi connectivity index (χ4n) is 2.78. The number of hydrogen-bond acceptors (Lipinski definition) is 3. The minimum Gasteiger partial charge on any atom is -0.347 e. The Balaban J connectivity index is 1.57. The van der Waals surface area contributed by atoms with Crippen molar-refractivity contribution in [2.45, 2.75) is 6.54 Å². The largest absolute Gasteiger partial charge is 0.347 e. The molecule has 4 nitrogen and oxygen atoms in total. The van der Waals surface area contributed by atoms with Gasteiger partial charge >= 0.3 is 0 Å². The SMILES string of the molecule is O=C(NCc1cccc2ccccc12)c1cnc2ccccc2n1. The molecule has 116 valence electrons. The van der Waals surface area contributed by atoms with Gasteiger partial charge in [-0.1, -0.05) is 54.6 Å². The lowest BCUT2D eigenvalue weighted by Crippen LogP contribution is -2.24. The quantitative estimate of drug-likeness (QED) is 0.627. The second-order valence-electron chi connectivity index (χ2n) is 5.56. The molecule has 0 atom stereocenters. The minimum atomic E-state index is -0.221. The molecule has 0 saturated heterocycles. The van der Waals surface area contributed by atoms with Crippen molar-refractivity contribution >= 4 is 27.7 Å². The first kappa shape index (κ1) is 14.3. The Morgan fingerprint density at radius 2 is 1.62 bits per heavy atom. The van der Waals surface area contributed by atoms with Gasteiger partial charge in [-0.05, 0) is 28.5 Å². The first-order valence-electron chi connectivity index (χ1n) is 7.78. The smallest absolute Gasteiger partial charge is 0.271 e. The van der Waals surface area contributed by atoms with Crippen molar-refractivity contribution in [2.24, 2.45) is 0 Å². The number of hydrogen-bond donors (Lipinski definition) is 1. The maximum Gasteiger partial charge on any atom is 0.271 e. The van der Waals surface area contributed by atoms with Crippen LogP contribution in [0.5, 0.6) is 0 Å². The monoisotopic (exact) mass is 313 g/mol. The van der Waals surface area contributed by atoms with Gasteiger partial charge in [0.15, 0.2) is 0 Å². The number of fused-ring (bicyclic) bond motifs is 2. The molecule has 4 aromatic rings. The van der Waals surface area contributed by atoms with Gasteiger partial charge in [-0.25, -0.2) is 4.98 Å². The van der Waals surface area contributed by atoms with E-state index < -0.39 is 0 Å². The van der Waals surface area contributed by atoms with E-state index >= 15 is 0 Å². The van der Waals surface area contributed by atoms with Crippen LogP contribution in [0.2, 0.25) is 0 Å². The molecule has 4 heteroatoms. The number of nitrogens with one attached hydrogen (secondary N) is 1. The molecule has 0 bridgehead atoms. The zero-order valence-corrected chi connectivity index (χ0v) is 12.9. The molecule has 0 radical (unpaired) electrons. The standard InChI is InChI=1S/C20H15N3O/c24-20(19-13-21-17-10-3-4-11-18(17)23-19)22-12-15-8-5-7-14-6-1-2-9-16(14)15/h1-11,13H,12H2,(H,22,24). The number of benzene rings is 3. The van der Waals surface area contributed by atoms with Crippen LogP contribution in [-0.4, -0.2) is 15.9 Å². The molecule has 0 saturated carbocycles. The highest BCUT2D eigenvalue weighted by atomic mass is 16.1. The first-order chi connectivity index (χ1) is 11.8. The summed E-state index contributed by atoms with van der Waals surface area (Å²) in [5, 5.41) is 5.24. The Labute approximate surface area is 139 Å². The van der Waals surface area contributed by atoms with Crippen LogP contribution in [0.4, 0.5) is 0 Å². The van der Waals surface area contributed by atoms with Gasteiger partial charge in [0.25, 0.3) is 5.91 Å². The van der Waals surface area contributed by atoms with Crippen LogP contribution < -0.4 is 5.32 Å². The first-order valence-corrected chi connectivity index (χ1v) is 7.78. The molecule has 0 aliphatic heterocycles. The van der Waals surface area contributed by atoms with E-state index in [4.69, 9.17) is 0 Å². The number of nitrogens with zero attached hydrogens (tertiary/aromatic N) is 2. The van der Waals surface area contributed by atoms with Crippen LogP contribution in [0.25, 0.3) is 21.8 Å². The Hall–Kier alpha value is -3.27. The van der Waals surface area contributed by atoms with Crippen LogP contribution in [0.15, 0.2) is 72.9 Å². The van der Waals surface area contributed by atoms with Crippen LogP contribution >= 0.6 is 0 Å². The van der Waals surface area contributed by atoms with Gasteiger partial charge in [-0.15, -0.1) is 0 Å². The van der Waals surface area contributed by atoms with Crippen molar-refractivity contribution in [3.8, 4) is 0 Å². The molecule has 0 spiro atoms. The van der Waals surface area contributed by atoms with E-state index in [0.29, 0.717) is 12.2 Å². The summed E-state index contributed by atoms with van der Waals surface area (Å²) in [5.41, 5.74) is 2.91. The molecule has 1 N–H and O–H groups in total. The highest BCUT2D eigenvalue weighted by molar-refractivity contribution is 5.94. The van der Waals surface area contributed by atoms with Crippen LogP contribution in [0, 0.1) is 0 Å². The minimum absolute atomic E-state index is 0.221. The molecule has 3 aromatic carbocycles. The summed E-state index contributed by atoms with van der Waals surface area (Å²) in [4.78, 5) is 21.0. The van der Waals surface area contributed by atoms with Gasteiger partial charge in [0.1, 0.15) is 5.69 Å². The normalized spacial score (nSPS) is 10.8. The molecule has 0 aliphatic rings. The summed E-state index contributed by atoms with van der Waals surface area (Å²) in [5.74, 6) is -0.221. The average molecular weight is 313 g/mol. The summed E-state index contributed by atoms with van der Waals surface area (Å²) in [6, 6.07) is 21.7. The van der Waals surface area contributed by atoms with Crippen LogP contribution in [0.3, 0.4) is 0 Å². The molecule has 0 fully saturated rings. The van der Waals surface area contributed by atoms with Crippen molar-refractivity contribution in [3.63, 3.8) is 0 Å². The van der Waals surface area contributed by atoms with Crippen molar-refractivity contribution in [1.29, 1.82) is 0 Å². The van der Waals surface area contributed by atoms with Crippen LogP contribution in [0.1, 0.15) is 16.1 Å². The van der Waals surface area contributed by atoms with Gasteiger partial charge in [0.05, 0.1) is 17.2 Å². The zero-order valence-electron chi connectivity index (χ0n) is 12.9. The van der Waals surface area contributed by atoms with E-state index in [0.717, 1.165) is 27.4 Å². The summed E-state index contributed by atoms with van der Waals surface area (Å²) in [7, 11) is 0. The van der Waals surface area contributed by atoms with E-state index in [1.54, 1.807) is 0 Å². The summed E-state index contributed by atoms with van der Waals surface area (Å²) in [6.07, 6.45) is 1.51. The van der Waals surface area contributed by atoms with Crippen molar-refractivity contribution in [2.75, 3.05) is 0 Å². The Kier molecular flexibility index (Phi) is 3.63. The predicted molar refractivity (Wildman–Crippen MR) is 94.7 cm³/mol. The van der Waals surface area contributed by atoms with Crippen LogP contribution in [-0.2, 0) is 6.54 Å². The van der Waals surface area contributed by atoms with Crippen molar-refractivity contribution in [3.05, 3.63) is 84.2 Å². The number of para-hydroxylation sites is 2. The maximum absolute atomic E-state index is 12.4. The Bertz CT molecular complexity index is 1040. The summed E-state index contributed by atoms with van der Waals surface area (Å²) < 4.78 is 0. The lowest BCUT2D eigenvalue weighted by atomic mass is 10.0. The number of rotatable bonds is 3. The number of carbonyl (C=O) groups excluding carboxylic acids is 1. The molecule has 0 unspecified atom stereocenters. The van der Waals surface area contributed by atoms with E-state index in [2.05, 4.69) is 33.5 Å². The number of amides is 1. The molecule has 24 heavy (non-hydrogen) atoms. The second kappa shape index (κ2) is 6.08. The second-order valence-corrected chi connectivity index (χ2v) is 5.56. The van der Waals surface area contributed by atoms with Crippen molar-refractivity contribution in [1.82, 2.24) is 15.3 Å². The average Bonchev–Trinajstić information content (AvgIpc) is 2.65. The molecule has 1 aromatic heterocycles. The highest BCUT2D eigenvalue weighted by Gasteiger charge is 2.09. The van der Waals surface area contributed by atoms with E-state index in [9.17, 15) is 4.79 Å². The topological polar surface area (TPSA) is 54.9 Å². The zero-order chi connectivity index (χ0) is 16.4. The Morgan fingerprint density at radius 1 is 0.875 bits per heavy atom. The molecule has 4 rings (SSSR count). The molecule has 0 aliphatic carbocycles. The van der Waals surface area contributed by atoms with E-state index in [-0.39, 0.29) is 5.91 Å². The lowest BCUT2D eigenvalue weighted by molar-refractivity contribution is 0.0946. The number of aromatic nitrogens is 2. The molecule has 1 heterocycles. The molecular formula is C20H15N3O. The number of carbonyl (C=O) groups is 1. The summed E-state index contributed by atoms with van der Waals surface area (Å²) in [6.45, 7) is 0.453.